The van der Waals surface area contributed by atoms with Crippen LogP contribution in [0.1, 0.15) is 47.3 Å². The third-order valence-corrected chi connectivity index (χ3v) is 6.00. The first-order chi connectivity index (χ1) is 16.4. The molecule has 0 spiro atoms. The van der Waals surface area contributed by atoms with Gasteiger partial charge in [-0.05, 0) is 57.5 Å². The molecule has 0 bridgehead atoms. The van der Waals surface area contributed by atoms with E-state index in [1.54, 1.807) is 52.0 Å². The van der Waals surface area contributed by atoms with Crippen LogP contribution in [0.25, 0.3) is 10.7 Å². The molecule has 0 unspecified atom stereocenters. The number of benzene rings is 1. The summed E-state index contributed by atoms with van der Waals surface area (Å²) in [6, 6.07) is 8.92. The van der Waals surface area contributed by atoms with E-state index in [0.29, 0.717) is 11.4 Å². The number of alkyl halides is 3. The van der Waals surface area contributed by atoms with Gasteiger partial charge in [-0.25, -0.2) is 9.78 Å². The fourth-order valence-corrected chi connectivity index (χ4v) is 4.09. The second-order valence-electron chi connectivity index (χ2n) is 7.99. The maximum Gasteiger partial charge on any atom is 0.418 e. The lowest BCUT2D eigenvalue weighted by molar-refractivity contribution is -0.158. The molecule has 2 heterocycles. The Morgan fingerprint density at radius 1 is 1.11 bits per heavy atom. The van der Waals surface area contributed by atoms with Gasteiger partial charge in [0.15, 0.2) is 5.60 Å². The average Bonchev–Trinajstić information content (AvgIpc) is 3.19. The van der Waals surface area contributed by atoms with Crippen molar-refractivity contribution in [3.63, 3.8) is 0 Å². The number of carbonyl (C=O) groups excluding carboxylic acids is 2. The number of ether oxygens (including phenoxy) is 2. The summed E-state index contributed by atoms with van der Waals surface area (Å²) in [6.45, 7) is 6.90. The topological polar surface area (TPSA) is 90.4 Å². The number of carbonyl (C=O) groups is 2. The van der Waals surface area contributed by atoms with Gasteiger partial charge < -0.3 is 14.8 Å². The molecule has 0 fully saturated rings. The number of nitrogens with zero attached hydrogens (tertiary/aromatic N) is 2. The molecule has 1 amide bonds. The van der Waals surface area contributed by atoms with Gasteiger partial charge in [0.1, 0.15) is 21.3 Å². The molecule has 0 saturated carbocycles. The van der Waals surface area contributed by atoms with Crippen molar-refractivity contribution in [3.05, 3.63) is 64.3 Å². The predicted molar refractivity (Wildman–Crippen MR) is 124 cm³/mol. The van der Waals surface area contributed by atoms with Crippen molar-refractivity contribution in [2.45, 2.75) is 46.0 Å². The zero-order chi connectivity index (χ0) is 25.8. The van der Waals surface area contributed by atoms with Crippen LogP contribution in [0.15, 0.2) is 42.6 Å². The van der Waals surface area contributed by atoms with Crippen LogP contribution in [0.3, 0.4) is 0 Å². The highest BCUT2D eigenvalue weighted by atomic mass is 32.1. The number of hydrogen-bond acceptors (Lipinski definition) is 7. The molecule has 3 aromatic rings. The fraction of sp³-hybridized carbons (Fsp3) is 0.333. The van der Waals surface area contributed by atoms with E-state index in [0.717, 1.165) is 23.0 Å². The van der Waals surface area contributed by atoms with Gasteiger partial charge >= 0.3 is 12.1 Å². The summed E-state index contributed by atoms with van der Waals surface area (Å²) < 4.78 is 50.7. The van der Waals surface area contributed by atoms with E-state index in [9.17, 15) is 22.8 Å². The van der Waals surface area contributed by atoms with Gasteiger partial charge in [-0.2, -0.15) is 13.2 Å². The predicted octanol–water partition coefficient (Wildman–Crippen LogP) is 5.18. The van der Waals surface area contributed by atoms with E-state index in [4.69, 9.17) is 9.47 Å². The molecule has 2 aromatic heterocycles. The molecular weight excluding hydrogens is 483 g/mol. The van der Waals surface area contributed by atoms with E-state index in [2.05, 4.69) is 15.3 Å². The molecule has 7 nitrogen and oxygen atoms in total. The number of nitrogens with one attached hydrogen (secondary N) is 1. The number of pyridine rings is 1. The molecule has 1 aromatic carbocycles. The first-order valence-corrected chi connectivity index (χ1v) is 11.5. The summed E-state index contributed by atoms with van der Waals surface area (Å²) in [5.41, 5.74) is -1.31. The van der Waals surface area contributed by atoms with Crippen molar-refractivity contribution >= 4 is 23.2 Å². The van der Waals surface area contributed by atoms with Crippen LogP contribution in [0, 0.1) is 6.92 Å². The Morgan fingerprint density at radius 3 is 2.43 bits per heavy atom. The number of hydrogen-bond donors (Lipinski definition) is 1. The maximum atomic E-state index is 13.3. The summed E-state index contributed by atoms with van der Waals surface area (Å²) in [5, 5.41) is 2.76. The van der Waals surface area contributed by atoms with Gasteiger partial charge in [0.2, 0.25) is 0 Å². The van der Waals surface area contributed by atoms with E-state index >= 15 is 0 Å². The van der Waals surface area contributed by atoms with Crippen LogP contribution in [0.5, 0.6) is 5.75 Å². The highest BCUT2D eigenvalue weighted by Gasteiger charge is 2.35. The Labute approximate surface area is 204 Å². The fourth-order valence-electron chi connectivity index (χ4n) is 3.09. The first-order valence-electron chi connectivity index (χ1n) is 10.7. The monoisotopic (exact) mass is 507 g/mol. The molecule has 11 heteroatoms. The van der Waals surface area contributed by atoms with E-state index in [1.807, 2.05) is 0 Å². The van der Waals surface area contributed by atoms with E-state index < -0.39 is 29.2 Å². The van der Waals surface area contributed by atoms with Crippen LogP contribution in [-0.2, 0) is 22.3 Å². The Hall–Kier alpha value is -3.47. The van der Waals surface area contributed by atoms with Crippen molar-refractivity contribution in [2.75, 3.05) is 6.61 Å². The number of rotatable bonds is 8. The zero-order valence-corrected chi connectivity index (χ0v) is 20.3. The second-order valence-corrected chi connectivity index (χ2v) is 8.99. The smallest absolute Gasteiger partial charge is 0.418 e. The molecule has 1 N–H and O–H groups in total. The molecule has 3 rings (SSSR count). The van der Waals surface area contributed by atoms with Gasteiger partial charge in [-0.1, -0.05) is 12.1 Å². The maximum absolute atomic E-state index is 13.3. The number of esters is 1. The normalized spacial score (nSPS) is 11.7. The van der Waals surface area contributed by atoms with E-state index in [1.165, 1.54) is 12.3 Å². The summed E-state index contributed by atoms with van der Waals surface area (Å²) in [5.74, 6) is -0.486. The lowest BCUT2D eigenvalue weighted by Gasteiger charge is -2.24. The molecule has 186 valence electrons. The van der Waals surface area contributed by atoms with Crippen molar-refractivity contribution < 1.29 is 32.2 Å². The minimum atomic E-state index is -4.59. The summed E-state index contributed by atoms with van der Waals surface area (Å²) >= 11 is 0.852. The van der Waals surface area contributed by atoms with Crippen LogP contribution in [-0.4, -0.2) is 34.1 Å². The molecule has 0 atom stereocenters. The molecule has 0 aliphatic carbocycles. The molecule has 0 aliphatic rings. The highest BCUT2D eigenvalue weighted by molar-refractivity contribution is 7.17. The number of aromatic nitrogens is 2. The number of amides is 1. The molecule has 0 aliphatic heterocycles. The number of halogens is 3. The Morgan fingerprint density at radius 2 is 1.80 bits per heavy atom. The van der Waals surface area contributed by atoms with Gasteiger partial charge in [0.25, 0.3) is 5.91 Å². The van der Waals surface area contributed by atoms with Crippen LogP contribution in [0.2, 0.25) is 0 Å². The van der Waals surface area contributed by atoms with Crippen LogP contribution >= 0.6 is 11.3 Å². The quantitative estimate of drug-likeness (QED) is 0.423. The summed E-state index contributed by atoms with van der Waals surface area (Å²) in [6.07, 6.45) is -3.34. The molecule has 35 heavy (non-hydrogen) atoms. The molecule has 0 radical (unpaired) electrons. The van der Waals surface area contributed by atoms with Crippen LogP contribution < -0.4 is 10.1 Å². The van der Waals surface area contributed by atoms with Crippen molar-refractivity contribution in [1.29, 1.82) is 0 Å². The lowest BCUT2D eigenvalue weighted by Crippen LogP contribution is -2.39. The van der Waals surface area contributed by atoms with Crippen molar-refractivity contribution in [2.24, 2.45) is 0 Å². The Kier molecular flexibility index (Phi) is 7.79. The standard InChI is InChI=1S/C24H24F3N3O4S/c1-5-33-22(32)23(3,4)34-16-10-8-15(9-11-16)13-29-20(31)19-14(2)30-21(35-19)18-17(24(25,26)27)7-6-12-28-18/h6-12H,5,13H2,1-4H3,(H,29,31). The van der Waals surface area contributed by atoms with Gasteiger partial charge in [-0.15, -0.1) is 11.3 Å². The Bertz CT molecular complexity index is 1210. The second kappa shape index (κ2) is 10.4. The highest BCUT2D eigenvalue weighted by Crippen LogP contribution is 2.37. The number of aryl methyl sites for hydroxylation is 1. The molecular formula is C24H24F3N3O4S. The summed E-state index contributed by atoms with van der Waals surface area (Å²) in [7, 11) is 0. The van der Waals surface area contributed by atoms with E-state index in [-0.39, 0.29) is 28.7 Å². The van der Waals surface area contributed by atoms with Crippen LogP contribution in [0.4, 0.5) is 13.2 Å². The minimum Gasteiger partial charge on any atom is -0.476 e. The summed E-state index contributed by atoms with van der Waals surface area (Å²) in [4.78, 5) is 32.9. The van der Waals surface area contributed by atoms with Crippen molar-refractivity contribution in [3.8, 4) is 16.5 Å². The first kappa shape index (κ1) is 26.1. The third-order valence-electron chi connectivity index (χ3n) is 4.83. The zero-order valence-electron chi connectivity index (χ0n) is 19.5. The largest absolute Gasteiger partial charge is 0.476 e. The number of thiazole rings is 1. The average molecular weight is 508 g/mol. The van der Waals surface area contributed by atoms with Crippen molar-refractivity contribution in [1.82, 2.24) is 15.3 Å². The third kappa shape index (κ3) is 6.36. The molecule has 0 saturated heterocycles. The van der Waals surface area contributed by atoms with Gasteiger partial charge in [0.05, 0.1) is 17.9 Å². The lowest BCUT2D eigenvalue weighted by atomic mass is 10.1. The Balaban J connectivity index is 1.67. The minimum absolute atomic E-state index is 0.0197. The van der Waals surface area contributed by atoms with Gasteiger partial charge in [-0.3, -0.25) is 9.78 Å². The SMILES string of the molecule is CCOC(=O)C(C)(C)Oc1ccc(CNC(=O)c2sc(-c3ncccc3C(F)(F)F)nc2C)cc1. The van der Waals surface area contributed by atoms with Gasteiger partial charge in [0, 0.05) is 12.7 Å².